The molecule has 1 rings (SSSR count). The Morgan fingerprint density at radius 2 is 2.23 bits per heavy atom. The second-order valence-corrected chi connectivity index (χ2v) is 3.62. The molecule has 0 amide bonds. The summed E-state index contributed by atoms with van der Waals surface area (Å²) in [4.78, 5) is 0. The Morgan fingerprint density at radius 1 is 1.62 bits per heavy atom. The van der Waals surface area contributed by atoms with Crippen molar-refractivity contribution in [1.29, 1.82) is 0 Å². The van der Waals surface area contributed by atoms with E-state index in [4.69, 9.17) is 15.7 Å². The van der Waals surface area contributed by atoms with Crippen LogP contribution < -0.4 is 11.1 Å². The minimum Gasteiger partial charge on any atom is -0.409 e. The van der Waals surface area contributed by atoms with Crippen molar-refractivity contribution < 1.29 is 9.94 Å². The molecule has 1 aliphatic rings. The van der Waals surface area contributed by atoms with Crippen molar-refractivity contribution in [3.05, 3.63) is 0 Å². The van der Waals surface area contributed by atoms with Gasteiger partial charge >= 0.3 is 0 Å². The lowest BCUT2D eigenvalue weighted by Crippen LogP contribution is -2.49. The van der Waals surface area contributed by atoms with Gasteiger partial charge in [-0.05, 0) is 19.8 Å². The number of hydrogen-bond acceptors (Lipinski definition) is 4. The van der Waals surface area contributed by atoms with E-state index in [1.807, 2.05) is 0 Å². The highest BCUT2D eigenvalue weighted by atomic mass is 16.5. The molecule has 4 N–H and O–H groups in total. The van der Waals surface area contributed by atoms with Crippen LogP contribution in [0.3, 0.4) is 0 Å². The molecule has 0 radical (unpaired) electrons. The molecule has 1 aliphatic heterocycles. The molecule has 0 aromatic rings. The fraction of sp³-hybridized carbons (Fsp3) is 0.875. The molecule has 0 spiro atoms. The van der Waals surface area contributed by atoms with Crippen LogP contribution in [0.2, 0.25) is 0 Å². The number of oxime groups is 1. The topological polar surface area (TPSA) is 79.9 Å². The van der Waals surface area contributed by atoms with E-state index in [0.29, 0.717) is 6.54 Å². The molecule has 76 valence electrons. The number of ether oxygens (including phenoxy) is 1. The van der Waals surface area contributed by atoms with Crippen LogP contribution in [-0.4, -0.2) is 36.3 Å². The molecule has 1 fully saturated rings. The molecule has 0 saturated carbocycles. The molecular weight excluding hydrogens is 170 g/mol. The minimum absolute atomic E-state index is 0.0631. The summed E-state index contributed by atoms with van der Waals surface area (Å²) in [6.07, 6.45) is 1.93. The zero-order valence-corrected chi connectivity index (χ0v) is 7.92. The fourth-order valence-corrected chi connectivity index (χ4v) is 1.34. The first-order chi connectivity index (χ1) is 6.16. The van der Waals surface area contributed by atoms with E-state index in [1.165, 1.54) is 0 Å². The average molecular weight is 187 g/mol. The largest absolute Gasteiger partial charge is 0.409 e. The Morgan fingerprint density at radius 3 is 2.77 bits per heavy atom. The third-order valence-electron chi connectivity index (χ3n) is 2.42. The third kappa shape index (κ3) is 3.20. The van der Waals surface area contributed by atoms with E-state index in [2.05, 4.69) is 17.4 Å². The van der Waals surface area contributed by atoms with Crippen LogP contribution in [0.5, 0.6) is 0 Å². The van der Waals surface area contributed by atoms with Crippen molar-refractivity contribution >= 4 is 5.84 Å². The Labute approximate surface area is 77.9 Å². The zero-order valence-electron chi connectivity index (χ0n) is 7.92. The molecule has 0 aliphatic carbocycles. The summed E-state index contributed by atoms with van der Waals surface area (Å²) in [5.74, 6) is 0.215. The van der Waals surface area contributed by atoms with Gasteiger partial charge in [0.25, 0.3) is 0 Å². The van der Waals surface area contributed by atoms with Crippen LogP contribution in [-0.2, 0) is 4.74 Å². The summed E-state index contributed by atoms with van der Waals surface area (Å²) < 4.78 is 5.25. The highest BCUT2D eigenvalue weighted by molar-refractivity contribution is 5.81. The Hall–Kier alpha value is -0.810. The van der Waals surface area contributed by atoms with Crippen LogP contribution in [0.25, 0.3) is 0 Å². The second kappa shape index (κ2) is 4.43. The molecule has 0 aromatic carbocycles. The van der Waals surface area contributed by atoms with Crippen LogP contribution in [0, 0.1) is 0 Å². The van der Waals surface area contributed by atoms with Gasteiger partial charge in [-0.3, -0.25) is 0 Å². The predicted molar refractivity (Wildman–Crippen MR) is 49.9 cm³/mol. The molecule has 0 bridgehead atoms. The lowest BCUT2D eigenvalue weighted by atomic mass is 9.92. The molecule has 5 heteroatoms. The van der Waals surface area contributed by atoms with Crippen molar-refractivity contribution in [2.45, 2.75) is 25.3 Å². The van der Waals surface area contributed by atoms with E-state index in [-0.39, 0.29) is 11.4 Å². The highest BCUT2D eigenvalue weighted by Crippen LogP contribution is 2.18. The van der Waals surface area contributed by atoms with Gasteiger partial charge in [0, 0.05) is 18.8 Å². The first-order valence-electron chi connectivity index (χ1n) is 4.45. The van der Waals surface area contributed by atoms with Crippen LogP contribution in [0.15, 0.2) is 5.16 Å². The minimum atomic E-state index is 0.0631. The third-order valence-corrected chi connectivity index (χ3v) is 2.42. The maximum Gasteiger partial charge on any atom is 0.153 e. The van der Waals surface area contributed by atoms with Gasteiger partial charge < -0.3 is 21.0 Å². The Kier molecular flexibility index (Phi) is 3.50. The van der Waals surface area contributed by atoms with E-state index in [0.717, 1.165) is 26.1 Å². The Bertz CT molecular complexity index is 188. The van der Waals surface area contributed by atoms with E-state index >= 15 is 0 Å². The molecule has 0 unspecified atom stereocenters. The van der Waals surface area contributed by atoms with Gasteiger partial charge in [0.05, 0.1) is 6.54 Å². The van der Waals surface area contributed by atoms with Crippen molar-refractivity contribution in [3.8, 4) is 0 Å². The van der Waals surface area contributed by atoms with Gasteiger partial charge in [-0.1, -0.05) is 5.16 Å². The monoisotopic (exact) mass is 187 g/mol. The standard InChI is InChI=1S/C8H17N3O2/c1-8(2-4-13-5-3-8)10-6-7(9)11-12/h10,12H,2-6H2,1H3,(H2,9,11). The summed E-state index contributed by atoms with van der Waals surface area (Å²) in [6, 6.07) is 0. The number of rotatable bonds is 3. The maximum atomic E-state index is 8.35. The van der Waals surface area contributed by atoms with Gasteiger partial charge in [0.15, 0.2) is 5.84 Å². The van der Waals surface area contributed by atoms with E-state index in [1.54, 1.807) is 0 Å². The quantitative estimate of drug-likeness (QED) is 0.249. The Balaban J connectivity index is 2.33. The SMILES string of the molecule is CC1(NCC(N)=NO)CCOCC1. The number of amidine groups is 1. The van der Waals surface area contributed by atoms with Gasteiger partial charge in [-0.25, -0.2) is 0 Å². The van der Waals surface area contributed by atoms with Gasteiger partial charge in [-0.2, -0.15) is 0 Å². The average Bonchev–Trinajstić information content (AvgIpc) is 2.15. The first kappa shape index (κ1) is 10.3. The summed E-state index contributed by atoms with van der Waals surface area (Å²) in [6.45, 7) is 4.10. The van der Waals surface area contributed by atoms with Crippen molar-refractivity contribution in [2.24, 2.45) is 10.9 Å². The number of nitrogens with one attached hydrogen (secondary N) is 1. The number of nitrogens with zero attached hydrogens (tertiary/aromatic N) is 1. The summed E-state index contributed by atoms with van der Waals surface area (Å²) in [5.41, 5.74) is 5.42. The van der Waals surface area contributed by atoms with E-state index < -0.39 is 0 Å². The molecule has 0 aromatic heterocycles. The van der Waals surface area contributed by atoms with Crippen LogP contribution >= 0.6 is 0 Å². The molecule has 1 heterocycles. The van der Waals surface area contributed by atoms with Crippen molar-refractivity contribution in [2.75, 3.05) is 19.8 Å². The summed E-state index contributed by atoms with van der Waals surface area (Å²) in [5, 5.41) is 14.5. The van der Waals surface area contributed by atoms with Crippen LogP contribution in [0.1, 0.15) is 19.8 Å². The molecule has 1 saturated heterocycles. The smallest absolute Gasteiger partial charge is 0.153 e. The van der Waals surface area contributed by atoms with Crippen LogP contribution in [0.4, 0.5) is 0 Å². The van der Waals surface area contributed by atoms with Gasteiger partial charge in [0.2, 0.25) is 0 Å². The van der Waals surface area contributed by atoms with Crippen molar-refractivity contribution in [1.82, 2.24) is 5.32 Å². The normalized spacial score (nSPS) is 23.0. The number of hydrogen-bond donors (Lipinski definition) is 3. The first-order valence-corrected chi connectivity index (χ1v) is 4.45. The molecule has 0 atom stereocenters. The maximum absolute atomic E-state index is 8.35. The fourth-order valence-electron chi connectivity index (χ4n) is 1.34. The molecular formula is C8H17N3O2. The van der Waals surface area contributed by atoms with Crippen molar-refractivity contribution in [3.63, 3.8) is 0 Å². The van der Waals surface area contributed by atoms with Gasteiger partial charge in [0.1, 0.15) is 0 Å². The molecule has 13 heavy (non-hydrogen) atoms. The zero-order chi connectivity index (χ0) is 9.73. The summed E-state index contributed by atoms with van der Waals surface area (Å²) >= 11 is 0. The lowest BCUT2D eigenvalue weighted by molar-refractivity contribution is 0.0470. The van der Waals surface area contributed by atoms with Gasteiger partial charge in [-0.15, -0.1) is 0 Å². The summed E-state index contributed by atoms with van der Waals surface area (Å²) in [7, 11) is 0. The predicted octanol–water partition coefficient (Wildman–Crippen LogP) is -0.108. The lowest BCUT2D eigenvalue weighted by Gasteiger charge is -2.34. The molecule has 5 nitrogen and oxygen atoms in total. The highest BCUT2D eigenvalue weighted by Gasteiger charge is 2.26. The second-order valence-electron chi connectivity index (χ2n) is 3.62. The number of nitrogens with two attached hydrogens (primary N) is 1. The van der Waals surface area contributed by atoms with E-state index in [9.17, 15) is 0 Å².